The van der Waals surface area contributed by atoms with Crippen LogP contribution in [0, 0.1) is 5.82 Å². The molecule has 0 aliphatic rings. The van der Waals surface area contributed by atoms with Crippen LogP contribution >= 0.6 is 11.6 Å². The quantitative estimate of drug-likeness (QED) is 0.304. The Bertz CT molecular complexity index is 1420. The van der Waals surface area contributed by atoms with E-state index < -0.39 is 11.9 Å². The van der Waals surface area contributed by atoms with Crippen molar-refractivity contribution in [1.82, 2.24) is 15.2 Å². The smallest absolute Gasteiger partial charge is 0.251 e. The summed E-state index contributed by atoms with van der Waals surface area (Å²) in [6.07, 6.45) is 2.44. The second-order valence-electron chi connectivity index (χ2n) is 8.74. The summed E-state index contributed by atoms with van der Waals surface area (Å²) in [7, 11) is 5.36. The summed E-state index contributed by atoms with van der Waals surface area (Å²) in [5.74, 6) is -0.0427. The normalized spacial score (nSPS) is 12.1. The SMILES string of the molecule is COc1ccc(F)c(Cl)c1[C@@H](C)Oc1c(N)ncc2c(-c3ccc(C(=O)NCCN(C)C)cc3)coc12. The zero-order chi connectivity index (χ0) is 26.7. The number of ether oxygens (including phenoxy) is 2. The van der Waals surface area contributed by atoms with Crippen LogP contribution in [0.4, 0.5) is 10.2 Å². The van der Waals surface area contributed by atoms with Crippen LogP contribution < -0.4 is 20.5 Å². The summed E-state index contributed by atoms with van der Waals surface area (Å²) in [4.78, 5) is 18.7. The van der Waals surface area contributed by atoms with Gasteiger partial charge in [0.2, 0.25) is 5.75 Å². The first-order valence-electron chi connectivity index (χ1n) is 11.6. The van der Waals surface area contributed by atoms with Crippen LogP contribution in [-0.2, 0) is 0 Å². The van der Waals surface area contributed by atoms with E-state index in [1.165, 1.54) is 19.2 Å². The summed E-state index contributed by atoms with van der Waals surface area (Å²) in [6, 6.07) is 9.88. The monoisotopic (exact) mass is 526 g/mol. The molecule has 0 fully saturated rings. The fourth-order valence-electron chi connectivity index (χ4n) is 3.95. The fraction of sp³-hybridized carbons (Fsp3) is 0.259. The minimum Gasteiger partial charge on any atom is -0.496 e. The zero-order valence-corrected chi connectivity index (χ0v) is 21.7. The van der Waals surface area contributed by atoms with Crippen LogP contribution in [0.2, 0.25) is 5.02 Å². The topological polar surface area (TPSA) is 103 Å². The standard InChI is InChI=1S/C27H28ClFN4O4/c1-15(22-21(35-4)10-9-20(29)23(22)28)37-25-24-18(13-32-26(25)30)19(14-36-24)16-5-7-17(8-6-16)27(34)31-11-12-33(2)3/h5-10,13-15H,11-12H2,1-4H3,(H2,30,32)(H,31,34)/t15-/m1/s1. The number of likely N-dealkylation sites (N-methyl/N-ethyl adjacent to an activating group) is 1. The Hall–Kier alpha value is -3.82. The lowest BCUT2D eigenvalue weighted by molar-refractivity contribution is 0.0951. The van der Waals surface area contributed by atoms with Crippen LogP contribution in [0.15, 0.2) is 53.3 Å². The van der Waals surface area contributed by atoms with Gasteiger partial charge in [-0.3, -0.25) is 4.79 Å². The van der Waals surface area contributed by atoms with Crippen molar-refractivity contribution in [2.24, 2.45) is 0 Å². The summed E-state index contributed by atoms with van der Waals surface area (Å²) >= 11 is 6.22. The Labute approximate surface area is 219 Å². The number of fused-ring (bicyclic) bond motifs is 1. The number of carbonyl (C=O) groups is 1. The molecule has 10 heteroatoms. The van der Waals surface area contributed by atoms with Crippen molar-refractivity contribution in [2.45, 2.75) is 13.0 Å². The van der Waals surface area contributed by atoms with Crippen LogP contribution in [0.1, 0.15) is 28.9 Å². The molecular formula is C27H28ClFN4O4. The number of furan rings is 1. The van der Waals surface area contributed by atoms with Gasteiger partial charge in [0.1, 0.15) is 17.7 Å². The minimum atomic E-state index is -0.730. The van der Waals surface area contributed by atoms with Gasteiger partial charge in [-0.15, -0.1) is 0 Å². The maximum atomic E-state index is 14.2. The van der Waals surface area contributed by atoms with Gasteiger partial charge in [0, 0.05) is 30.4 Å². The predicted molar refractivity (Wildman–Crippen MR) is 142 cm³/mol. The maximum absolute atomic E-state index is 14.2. The molecule has 0 saturated carbocycles. The van der Waals surface area contributed by atoms with E-state index in [1.54, 1.807) is 31.5 Å². The van der Waals surface area contributed by atoms with Crippen molar-refractivity contribution < 1.29 is 23.1 Å². The Morgan fingerprint density at radius 3 is 2.65 bits per heavy atom. The first-order chi connectivity index (χ1) is 17.7. The summed E-state index contributed by atoms with van der Waals surface area (Å²) in [5, 5.41) is 3.46. The lowest BCUT2D eigenvalue weighted by Crippen LogP contribution is -2.31. The summed E-state index contributed by atoms with van der Waals surface area (Å²) < 4.78 is 31.5. The van der Waals surface area contributed by atoms with Gasteiger partial charge >= 0.3 is 0 Å². The lowest BCUT2D eigenvalue weighted by atomic mass is 10.0. The molecule has 2 aromatic carbocycles. The number of hydrogen-bond acceptors (Lipinski definition) is 7. The van der Waals surface area contributed by atoms with Crippen molar-refractivity contribution in [2.75, 3.05) is 40.0 Å². The van der Waals surface area contributed by atoms with Gasteiger partial charge in [0.05, 0.1) is 29.3 Å². The molecule has 0 radical (unpaired) electrons. The fourth-order valence-corrected chi connectivity index (χ4v) is 4.26. The highest BCUT2D eigenvalue weighted by Gasteiger charge is 2.24. The number of anilines is 1. The number of pyridine rings is 1. The first kappa shape index (κ1) is 26.2. The largest absolute Gasteiger partial charge is 0.496 e. The number of aromatic nitrogens is 1. The van der Waals surface area contributed by atoms with E-state index in [0.29, 0.717) is 34.4 Å². The highest BCUT2D eigenvalue weighted by molar-refractivity contribution is 6.31. The molecule has 0 unspecified atom stereocenters. The first-order valence-corrected chi connectivity index (χ1v) is 12.0. The second kappa shape index (κ2) is 11.1. The Balaban J connectivity index is 1.62. The van der Waals surface area contributed by atoms with Crippen molar-refractivity contribution >= 4 is 34.3 Å². The number of amides is 1. The van der Waals surface area contributed by atoms with Gasteiger partial charge in [0.15, 0.2) is 11.4 Å². The molecule has 2 aromatic heterocycles. The molecule has 3 N–H and O–H groups in total. The number of halogens is 2. The molecule has 0 saturated heterocycles. The molecule has 194 valence electrons. The Kier molecular flexibility index (Phi) is 7.85. The Morgan fingerprint density at radius 2 is 1.97 bits per heavy atom. The van der Waals surface area contributed by atoms with Gasteiger partial charge in [-0.2, -0.15) is 0 Å². The number of nitrogens with two attached hydrogens (primary N) is 1. The molecular weight excluding hydrogens is 499 g/mol. The average molecular weight is 527 g/mol. The van der Waals surface area contributed by atoms with Crippen molar-refractivity contribution in [3.8, 4) is 22.6 Å². The number of carbonyl (C=O) groups excluding carboxylic acids is 1. The number of hydrogen-bond donors (Lipinski definition) is 2. The second-order valence-corrected chi connectivity index (χ2v) is 9.12. The number of nitrogen functional groups attached to an aromatic ring is 1. The average Bonchev–Trinajstić information content (AvgIpc) is 3.31. The molecule has 4 rings (SSSR count). The molecule has 37 heavy (non-hydrogen) atoms. The summed E-state index contributed by atoms with van der Waals surface area (Å²) in [6.45, 7) is 3.01. The van der Waals surface area contributed by atoms with Gasteiger partial charge in [-0.05, 0) is 50.8 Å². The van der Waals surface area contributed by atoms with E-state index >= 15 is 0 Å². The highest BCUT2D eigenvalue weighted by atomic mass is 35.5. The highest BCUT2D eigenvalue weighted by Crippen LogP contribution is 2.42. The molecule has 2 heterocycles. The minimum absolute atomic E-state index is 0.100. The van der Waals surface area contributed by atoms with Crippen LogP contribution in [0.25, 0.3) is 22.1 Å². The third kappa shape index (κ3) is 5.47. The van der Waals surface area contributed by atoms with E-state index in [9.17, 15) is 9.18 Å². The molecule has 4 aromatic rings. The van der Waals surface area contributed by atoms with E-state index in [-0.39, 0.29) is 22.5 Å². The number of rotatable bonds is 9. The zero-order valence-electron chi connectivity index (χ0n) is 21.0. The molecule has 1 atom stereocenters. The molecule has 0 aliphatic heterocycles. The number of nitrogens with zero attached hydrogens (tertiary/aromatic N) is 2. The molecule has 0 spiro atoms. The van der Waals surface area contributed by atoms with Crippen molar-refractivity contribution in [1.29, 1.82) is 0 Å². The molecule has 0 bridgehead atoms. The van der Waals surface area contributed by atoms with Gasteiger partial charge in [0.25, 0.3) is 5.91 Å². The van der Waals surface area contributed by atoms with E-state index in [1.807, 2.05) is 31.1 Å². The van der Waals surface area contributed by atoms with E-state index in [2.05, 4.69) is 10.3 Å². The van der Waals surface area contributed by atoms with Crippen LogP contribution in [-0.4, -0.2) is 50.1 Å². The van der Waals surface area contributed by atoms with Crippen molar-refractivity contribution in [3.63, 3.8) is 0 Å². The van der Waals surface area contributed by atoms with Gasteiger partial charge in [-0.25, -0.2) is 9.37 Å². The van der Waals surface area contributed by atoms with Crippen molar-refractivity contribution in [3.05, 3.63) is 70.8 Å². The van der Waals surface area contributed by atoms with Gasteiger partial charge in [-0.1, -0.05) is 23.7 Å². The lowest BCUT2D eigenvalue weighted by Gasteiger charge is -2.20. The Morgan fingerprint density at radius 1 is 1.24 bits per heavy atom. The number of nitrogens with one attached hydrogen (secondary N) is 1. The third-order valence-corrected chi connectivity index (χ3v) is 6.30. The predicted octanol–water partition coefficient (Wildman–Crippen LogP) is 5.31. The van der Waals surface area contributed by atoms with Gasteiger partial charge < -0.3 is 29.8 Å². The summed E-state index contributed by atoms with van der Waals surface area (Å²) in [5.41, 5.74) is 8.98. The third-order valence-electron chi connectivity index (χ3n) is 5.92. The molecule has 0 aliphatic carbocycles. The van der Waals surface area contributed by atoms with Crippen LogP contribution in [0.3, 0.4) is 0 Å². The van der Waals surface area contributed by atoms with E-state index in [4.69, 9.17) is 31.2 Å². The van der Waals surface area contributed by atoms with Crippen LogP contribution in [0.5, 0.6) is 11.5 Å². The number of benzene rings is 2. The molecule has 1 amide bonds. The van der Waals surface area contributed by atoms with E-state index in [0.717, 1.165) is 17.7 Å². The number of methoxy groups -OCH3 is 1. The maximum Gasteiger partial charge on any atom is 0.251 e. The molecule has 8 nitrogen and oxygen atoms in total.